The maximum absolute atomic E-state index is 12.5. The van der Waals surface area contributed by atoms with E-state index in [-0.39, 0.29) is 32.6 Å². The minimum atomic E-state index is -4.39. The lowest BCUT2D eigenvalue weighted by Crippen LogP contribution is -2.29. The molecule has 0 aliphatic carbocycles. The SMILES string of the molecule is CCCCCC=CCC=CCC=CCC=CCCCC(=O)O[C@H](COC(=O)CCCCCCCC=CCCCCCC)COP(=O)(O)OCCN. The number of ether oxygens (including phenoxy) is 2. The highest BCUT2D eigenvalue weighted by Gasteiger charge is 2.25. The molecule has 0 fully saturated rings. The molecule has 294 valence electrons. The van der Waals surface area contributed by atoms with Crippen LogP contribution >= 0.6 is 7.82 Å². The molecule has 0 rings (SSSR count). The fourth-order valence-electron chi connectivity index (χ4n) is 4.91. The number of nitrogens with two attached hydrogens (primary N) is 1. The summed E-state index contributed by atoms with van der Waals surface area (Å²) in [6.07, 6.45) is 42.5. The largest absolute Gasteiger partial charge is 0.472 e. The molecular formula is C41H72NO8P. The van der Waals surface area contributed by atoms with E-state index in [0.29, 0.717) is 19.3 Å². The number of carbonyl (C=O) groups is 2. The summed E-state index contributed by atoms with van der Waals surface area (Å²) in [5.74, 6) is -0.910. The maximum Gasteiger partial charge on any atom is 0.472 e. The number of hydrogen-bond donors (Lipinski definition) is 2. The Hall–Kier alpha value is -2.29. The molecule has 0 aliphatic heterocycles. The molecule has 0 heterocycles. The van der Waals surface area contributed by atoms with Gasteiger partial charge in [0.25, 0.3) is 0 Å². The van der Waals surface area contributed by atoms with Crippen molar-refractivity contribution in [3.8, 4) is 0 Å². The highest BCUT2D eigenvalue weighted by molar-refractivity contribution is 7.47. The molecule has 51 heavy (non-hydrogen) atoms. The van der Waals surface area contributed by atoms with Crippen LogP contribution in [-0.4, -0.2) is 49.3 Å². The Morgan fingerprint density at radius 3 is 1.63 bits per heavy atom. The monoisotopic (exact) mass is 737 g/mol. The van der Waals surface area contributed by atoms with E-state index in [2.05, 4.69) is 68.5 Å². The molecule has 3 N–H and O–H groups in total. The van der Waals surface area contributed by atoms with Crippen molar-refractivity contribution in [1.29, 1.82) is 0 Å². The molecule has 0 bridgehead atoms. The molecule has 0 aliphatic rings. The van der Waals surface area contributed by atoms with Crippen LogP contribution in [-0.2, 0) is 32.7 Å². The Kier molecular flexibility index (Phi) is 35.8. The van der Waals surface area contributed by atoms with E-state index in [1.54, 1.807) is 0 Å². The van der Waals surface area contributed by atoms with Crippen molar-refractivity contribution in [2.24, 2.45) is 5.73 Å². The average molecular weight is 738 g/mol. The van der Waals surface area contributed by atoms with E-state index in [4.69, 9.17) is 24.3 Å². The van der Waals surface area contributed by atoms with E-state index < -0.39 is 32.5 Å². The molecule has 10 heteroatoms. The summed E-state index contributed by atoms with van der Waals surface area (Å²) in [6.45, 7) is 3.59. The van der Waals surface area contributed by atoms with Crippen molar-refractivity contribution in [1.82, 2.24) is 0 Å². The number of phosphoric ester groups is 1. The van der Waals surface area contributed by atoms with Crippen molar-refractivity contribution in [2.75, 3.05) is 26.4 Å². The summed E-state index contributed by atoms with van der Waals surface area (Å²) < 4.78 is 32.6. The molecule has 0 aromatic rings. The van der Waals surface area contributed by atoms with Gasteiger partial charge in [-0.05, 0) is 77.0 Å². The van der Waals surface area contributed by atoms with Crippen LogP contribution in [0.3, 0.4) is 0 Å². The number of unbranched alkanes of at least 4 members (excludes halogenated alkanes) is 13. The zero-order valence-electron chi connectivity index (χ0n) is 32.1. The summed E-state index contributed by atoms with van der Waals surface area (Å²) >= 11 is 0. The van der Waals surface area contributed by atoms with Crippen LogP contribution in [0, 0.1) is 0 Å². The van der Waals surface area contributed by atoms with Gasteiger partial charge in [-0.25, -0.2) is 4.57 Å². The van der Waals surface area contributed by atoms with Crippen molar-refractivity contribution < 1.29 is 37.6 Å². The second-order valence-corrected chi connectivity index (χ2v) is 14.2. The van der Waals surface area contributed by atoms with Crippen molar-refractivity contribution in [3.05, 3.63) is 60.8 Å². The number of phosphoric acid groups is 1. The fraction of sp³-hybridized carbons (Fsp3) is 0.707. The molecule has 1 unspecified atom stereocenters. The lowest BCUT2D eigenvalue weighted by molar-refractivity contribution is -0.161. The quantitative estimate of drug-likeness (QED) is 0.0279. The molecule has 0 amide bonds. The first-order chi connectivity index (χ1) is 24.8. The van der Waals surface area contributed by atoms with Crippen LogP contribution in [0.2, 0.25) is 0 Å². The van der Waals surface area contributed by atoms with Crippen LogP contribution in [0.25, 0.3) is 0 Å². The number of carbonyl (C=O) groups excluding carboxylic acids is 2. The van der Waals surface area contributed by atoms with Gasteiger partial charge in [-0.1, -0.05) is 126 Å². The number of esters is 2. The minimum absolute atomic E-state index is 0.0413. The first-order valence-corrected chi connectivity index (χ1v) is 21.3. The molecule has 2 atom stereocenters. The van der Waals surface area contributed by atoms with Crippen LogP contribution in [0.1, 0.15) is 155 Å². The predicted octanol–water partition coefficient (Wildman–Crippen LogP) is 10.9. The zero-order chi connectivity index (χ0) is 37.5. The molecule has 0 radical (unpaired) electrons. The Bertz CT molecular complexity index is 1020. The van der Waals surface area contributed by atoms with Crippen LogP contribution in [0.4, 0.5) is 0 Å². The predicted molar refractivity (Wildman–Crippen MR) is 210 cm³/mol. The van der Waals surface area contributed by atoms with Gasteiger partial charge in [-0.2, -0.15) is 0 Å². The van der Waals surface area contributed by atoms with Gasteiger partial charge in [0.05, 0.1) is 13.2 Å². The molecule has 0 spiro atoms. The molecule has 0 aromatic heterocycles. The van der Waals surface area contributed by atoms with E-state index in [9.17, 15) is 19.0 Å². The van der Waals surface area contributed by atoms with Gasteiger partial charge < -0.3 is 20.1 Å². The molecule has 0 aromatic carbocycles. The molecular weight excluding hydrogens is 665 g/mol. The smallest absolute Gasteiger partial charge is 0.462 e. The fourth-order valence-corrected chi connectivity index (χ4v) is 5.68. The highest BCUT2D eigenvalue weighted by Crippen LogP contribution is 2.43. The topological polar surface area (TPSA) is 134 Å². The van der Waals surface area contributed by atoms with E-state index in [0.717, 1.165) is 51.4 Å². The molecule has 0 saturated heterocycles. The zero-order valence-corrected chi connectivity index (χ0v) is 33.0. The van der Waals surface area contributed by atoms with Gasteiger partial charge in [-0.3, -0.25) is 18.6 Å². The summed E-state index contributed by atoms with van der Waals surface area (Å²) in [6, 6.07) is 0. The molecule has 9 nitrogen and oxygen atoms in total. The van der Waals surface area contributed by atoms with E-state index >= 15 is 0 Å². The third kappa shape index (κ3) is 37.3. The first kappa shape index (κ1) is 48.7. The van der Waals surface area contributed by atoms with E-state index in [1.165, 1.54) is 57.8 Å². The maximum atomic E-state index is 12.5. The van der Waals surface area contributed by atoms with Gasteiger partial charge in [-0.15, -0.1) is 0 Å². The van der Waals surface area contributed by atoms with Crippen LogP contribution < -0.4 is 5.73 Å². The minimum Gasteiger partial charge on any atom is -0.462 e. The Morgan fingerprint density at radius 2 is 1.04 bits per heavy atom. The summed E-state index contributed by atoms with van der Waals surface area (Å²) in [5.41, 5.74) is 5.33. The number of rotatable bonds is 36. The standard InChI is InChI=1S/C41H72NO8P/c1-3-5-7-9-11-13-15-17-18-19-20-22-24-26-28-30-32-34-41(44)50-39(38-49-51(45,46)48-36-35-42)37-47-40(43)33-31-29-27-25-23-21-16-14-12-10-8-6-4-2/h11,13-14,16-18,20,22,26,28,39H,3-10,12,15,19,21,23-25,27,29-38,42H2,1-2H3,(H,45,46)/t39-/m1/s1. The van der Waals surface area contributed by atoms with Gasteiger partial charge in [0.2, 0.25) is 0 Å². The number of allylic oxidation sites excluding steroid dienone is 10. The number of hydrogen-bond acceptors (Lipinski definition) is 8. The molecule has 0 saturated carbocycles. The third-order valence-electron chi connectivity index (χ3n) is 7.88. The van der Waals surface area contributed by atoms with Gasteiger partial charge in [0.1, 0.15) is 6.61 Å². The Morgan fingerprint density at radius 1 is 0.588 bits per heavy atom. The normalized spacial score (nSPS) is 14.0. The Labute approximate surface area is 310 Å². The summed E-state index contributed by atoms with van der Waals surface area (Å²) in [7, 11) is -4.39. The van der Waals surface area contributed by atoms with Crippen molar-refractivity contribution in [2.45, 2.75) is 161 Å². The van der Waals surface area contributed by atoms with Crippen molar-refractivity contribution >= 4 is 19.8 Å². The second-order valence-electron chi connectivity index (χ2n) is 12.8. The highest BCUT2D eigenvalue weighted by atomic mass is 31.2. The lowest BCUT2D eigenvalue weighted by Gasteiger charge is -2.19. The van der Waals surface area contributed by atoms with Crippen LogP contribution in [0.5, 0.6) is 0 Å². The average Bonchev–Trinajstić information content (AvgIpc) is 3.11. The van der Waals surface area contributed by atoms with Crippen molar-refractivity contribution in [3.63, 3.8) is 0 Å². The Balaban J connectivity index is 4.34. The summed E-state index contributed by atoms with van der Waals surface area (Å²) in [4.78, 5) is 34.7. The van der Waals surface area contributed by atoms with Crippen LogP contribution in [0.15, 0.2) is 60.8 Å². The second kappa shape index (κ2) is 37.5. The third-order valence-corrected chi connectivity index (χ3v) is 8.86. The lowest BCUT2D eigenvalue weighted by atomic mass is 10.1. The van der Waals surface area contributed by atoms with Gasteiger partial charge >= 0.3 is 19.8 Å². The van der Waals surface area contributed by atoms with E-state index in [1.807, 2.05) is 6.08 Å². The first-order valence-electron chi connectivity index (χ1n) is 19.8. The summed E-state index contributed by atoms with van der Waals surface area (Å²) in [5, 5.41) is 0. The van der Waals surface area contributed by atoms with Gasteiger partial charge in [0.15, 0.2) is 6.10 Å². The van der Waals surface area contributed by atoms with Gasteiger partial charge in [0, 0.05) is 19.4 Å².